The minimum Gasteiger partial charge on any atom is -0.493 e. The fourth-order valence-corrected chi connectivity index (χ4v) is 4.98. The first-order valence-corrected chi connectivity index (χ1v) is 12.0. The molecule has 0 bridgehead atoms. The number of aromatic nitrogens is 3. The predicted octanol–water partition coefficient (Wildman–Crippen LogP) is 4.29. The van der Waals surface area contributed by atoms with Crippen LogP contribution >= 0.6 is 0 Å². The first-order chi connectivity index (χ1) is 14.9. The third-order valence-corrected chi connectivity index (χ3v) is 6.64. The number of halogens is 1. The minimum absolute atomic E-state index is 0.232. The molecule has 31 heavy (non-hydrogen) atoms. The zero-order valence-electron chi connectivity index (χ0n) is 17.0. The zero-order chi connectivity index (χ0) is 21.6. The lowest BCUT2D eigenvalue weighted by atomic mass is 10.00. The molecule has 0 amide bonds. The summed E-state index contributed by atoms with van der Waals surface area (Å²) in [6.45, 7) is 0.569. The van der Waals surface area contributed by atoms with Gasteiger partial charge in [0.1, 0.15) is 23.7 Å². The second-order valence-electron chi connectivity index (χ2n) is 7.67. The molecule has 8 heteroatoms. The van der Waals surface area contributed by atoms with Gasteiger partial charge in [0.15, 0.2) is 5.03 Å². The lowest BCUT2D eigenvalue weighted by molar-refractivity contribution is 0.356. The minimum atomic E-state index is -3.05. The standard InChI is InChI=1S/C23H21FN4O2S/c1-31(25,29)23-22-18(15-5-3-2-4-6-15)13-26-21(28(22)14-27-23)10-7-16-17-11-12-30-20(17)9-8-19(16)24/h2-6,8-9,13-14,25H,7,10-12H2,1H3. The summed E-state index contributed by atoms with van der Waals surface area (Å²) in [5.74, 6) is 1.18. The van der Waals surface area contributed by atoms with Crippen LogP contribution in [0.2, 0.25) is 0 Å². The van der Waals surface area contributed by atoms with E-state index >= 15 is 0 Å². The number of fused-ring (bicyclic) bond motifs is 2. The second kappa shape index (κ2) is 7.46. The van der Waals surface area contributed by atoms with E-state index in [0.717, 1.165) is 22.4 Å². The number of nitrogens with one attached hydrogen (secondary N) is 1. The van der Waals surface area contributed by atoms with E-state index in [2.05, 4.69) is 9.97 Å². The van der Waals surface area contributed by atoms with Gasteiger partial charge in [-0.05, 0) is 29.7 Å². The molecule has 6 nitrogen and oxygen atoms in total. The molecule has 158 valence electrons. The summed E-state index contributed by atoms with van der Waals surface area (Å²) in [7, 11) is -3.05. The third-order valence-electron chi connectivity index (χ3n) is 5.60. The van der Waals surface area contributed by atoms with E-state index in [-0.39, 0.29) is 10.8 Å². The summed E-state index contributed by atoms with van der Waals surface area (Å²) in [5.41, 5.74) is 3.85. The van der Waals surface area contributed by atoms with Crippen molar-refractivity contribution in [2.75, 3.05) is 12.9 Å². The average molecular weight is 437 g/mol. The van der Waals surface area contributed by atoms with E-state index in [1.54, 1.807) is 23.0 Å². The molecule has 1 aliphatic heterocycles. The van der Waals surface area contributed by atoms with E-state index in [4.69, 9.17) is 9.52 Å². The van der Waals surface area contributed by atoms with E-state index in [9.17, 15) is 8.60 Å². The van der Waals surface area contributed by atoms with Crippen molar-refractivity contribution in [2.24, 2.45) is 0 Å². The van der Waals surface area contributed by atoms with E-state index in [0.29, 0.717) is 42.8 Å². The van der Waals surface area contributed by atoms with Crippen molar-refractivity contribution < 1.29 is 13.3 Å². The van der Waals surface area contributed by atoms with Crippen molar-refractivity contribution in [1.82, 2.24) is 14.4 Å². The average Bonchev–Trinajstić information content (AvgIpc) is 3.41. The van der Waals surface area contributed by atoms with Crippen LogP contribution in [-0.4, -0.2) is 31.4 Å². The summed E-state index contributed by atoms with van der Waals surface area (Å²) in [6.07, 6.45) is 6.28. The molecule has 0 fully saturated rings. The lowest BCUT2D eigenvalue weighted by Gasteiger charge is -2.12. The molecule has 0 aliphatic carbocycles. The molecule has 0 radical (unpaired) electrons. The van der Waals surface area contributed by atoms with Crippen LogP contribution in [0.4, 0.5) is 4.39 Å². The maximum absolute atomic E-state index is 14.5. The molecule has 0 saturated heterocycles. The van der Waals surface area contributed by atoms with Gasteiger partial charge in [0.05, 0.1) is 21.9 Å². The Kier molecular flexibility index (Phi) is 4.74. The first-order valence-electron chi connectivity index (χ1n) is 10.0. The molecule has 1 aliphatic rings. The number of rotatable bonds is 5. The fourth-order valence-electron chi connectivity index (χ4n) is 4.16. The first kappa shape index (κ1) is 19.7. The van der Waals surface area contributed by atoms with E-state index < -0.39 is 9.73 Å². The summed E-state index contributed by atoms with van der Waals surface area (Å²) in [6, 6.07) is 12.8. The Labute approximate surface area is 179 Å². The number of benzene rings is 2. The molecule has 1 atom stereocenters. The monoisotopic (exact) mass is 436 g/mol. The Hall–Kier alpha value is -3.26. The highest BCUT2D eigenvalue weighted by molar-refractivity contribution is 7.91. The van der Waals surface area contributed by atoms with Gasteiger partial charge in [-0.15, -0.1) is 0 Å². The van der Waals surface area contributed by atoms with Gasteiger partial charge in [-0.2, -0.15) is 0 Å². The fraction of sp³-hybridized carbons (Fsp3) is 0.217. The van der Waals surface area contributed by atoms with E-state index in [1.165, 1.54) is 12.3 Å². The summed E-state index contributed by atoms with van der Waals surface area (Å²) in [5, 5.41) is 0.232. The Morgan fingerprint density at radius 2 is 1.97 bits per heavy atom. The van der Waals surface area contributed by atoms with Gasteiger partial charge in [-0.1, -0.05) is 30.3 Å². The molecule has 0 spiro atoms. The summed E-state index contributed by atoms with van der Waals surface area (Å²) >= 11 is 0. The quantitative estimate of drug-likeness (QED) is 0.506. The predicted molar refractivity (Wildman–Crippen MR) is 116 cm³/mol. The van der Waals surface area contributed by atoms with Gasteiger partial charge < -0.3 is 4.74 Å². The molecule has 1 N–H and O–H groups in total. The van der Waals surface area contributed by atoms with Crippen molar-refractivity contribution in [3.8, 4) is 16.9 Å². The molecule has 0 saturated carbocycles. The lowest BCUT2D eigenvalue weighted by Crippen LogP contribution is -2.07. The number of hydrogen-bond acceptors (Lipinski definition) is 5. The van der Waals surface area contributed by atoms with Crippen molar-refractivity contribution in [2.45, 2.75) is 24.3 Å². The Morgan fingerprint density at radius 1 is 1.16 bits per heavy atom. The molecule has 5 rings (SSSR count). The third kappa shape index (κ3) is 3.46. The number of nitrogens with zero attached hydrogens (tertiary/aromatic N) is 3. The molecule has 2 aromatic heterocycles. The smallest absolute Gasteiger partial charge is 0.161 e. The van der Waals surface area contributed by atoms with Crippen LogP contribution in [0, 0.1) is 10.6 Å². The van der Waals surface area contributed by atoms with Crippen LogP contribution in [0.5, 0.6) is 5.75 Å². The van der Waals surface area contributed by atoms with Crippen LogP contribution < -0.4 is 4.74 Å². The van der Waals surface area contributed by atoms with Crippen molar-refractivity contribution in [3.63, 3.8) is 0 Å². The number of imidazole rings is 1. The largest absolute Gasteiger partial charge is 0.493 e. The van der Waals surface area contributed by atoms with Crippen molar-refractivity contribution >= 4 is 15.2 Å². The maximum Gasteiger partial charge on any atom is 0.161 e. The van der Waals surface area contributed by atoms with Crippen LogP contribution in [0.3, 0.4) is 0 Å². The molecule has 1 unspecified atom stereocenters. The van der Waals surface area contributed by atoms with Crippen molar-refractivity contribution in [1.29, 1.82) is 4.78 Å². The van der Waals surface area contributed by atoms with Crippen LogP contribution in [0.1, 0.15) is 17.0 Å². The summed E-state index contributed by atoms with van der Waals surface area (Å²) < 4.78 is 42.6. The summed E-state index contributed by atoms with van der Waals surface area (Å²) in [4.78, 5) is 8.94. The SMILES string of the molecule is CS(=N)(=O)c1ncn2c(CCc3c(F)ccc4c3CCO4)ncc(-c3ccccc3)c12. The normalized spacial score (nSPS) is 14.9. The highest BCUT2D eigenvalue weighted by Crippen LogP contribution is 2.32. The van der Waals surface area contributed by atoms with Crippen LogP contribution in [-0.2, 0) is 29.0 Å². The van der Waals surface area contributed by atoms with Gasteiger partial charge in [0, 0.05) is 36.4 Å². The zero-order valence-corrected chi connectivity index (χ0v) is 17.8. The maximum atomic E-state index is 14.5. The number of aryl methyl sites for hydroxylation is 1. The Balaban J connectivity index is 1.60. The van der Waals surface area contributed by atoms with Gasteiger partial charge >= 0.3 is 0 Å². The van der Waals surface area contributed by atoms with Gasteiger partial charge in [-0.25, -0.2) is 23.3 Å². The van der Waals surface area contributed by atoms with Gasteiger partial charge in [0.2, 0.25) is 0 Å². The number of hydrogen-bond donors (Lipinski definition) is 1. The highest BCUT2D eigenvalue weighted by atomic mass is 32.2. The van der Waals surface area contributed by atoms with E-state index in [1.807, 2.05) is 30.3 Å². The van der Waals surface area contributed by atoms with Crippen LogP contribution in [0.25, 0.3) is 16.6 Å². The van der Waals surface area contributed by atoms with Crippen molar-refractivity contribution in [3.05, 3.63) is 77.8 Å². The van der Waals surface area contributed by atoms with Crippen LogP contribution in [0.15, 0.2) is 60.0 Å². The molecule has 4 aromatic rings. The molecule has 3 heterocycles. The molecule has 2 aromatic carbocycles. The number of ether oxygens (including phenoxy) is 1. The van der Waals surface area contributed by atoms with Gasteiger partial charge in [0.25, 0.3) is 0 Å². The topological polar surface area (TPSA) is 80.3 Å². The Bertz CT molecular complexity index is 1400. The van der Waals surface area contributed by atoms with Gasteiger partial charge in [-0.3, -0.25) is 4.40 Å². The highest BCUT2D eigenvalue weighted by Gasteiger charge is 2.22. The molecular formula is C23H21FN4O2S. The molecular weight excluding hydrogens is 415 g/mol. The second-order valence-corrected chi connectivity index (χ2v) is 9.74. The Morgan fingerprint density at radius 3 is 2.74 bits per heavy atom.